The number of nitrogen functional groups attached to an aromatic ring is 1. The number of ether oxygens (including phenoxy) is 1. The monoisotopic (exact) mass is 215 g/mol. The minimum atomic E-state index is 0.160. The van der Waals surface area contributed by atoms with Crippen LogP contribution in [0.4, 0.5) is 5.82 Å². The SMILES string of the molecule is Cc1nn(C2CCOC2C)c(N)c1Cl. The van der Waals surface area contributed by atoms with Gasteiger partial charge in [0.15, 0.2) is 0 Å². The molecule has 5 heteroatoms. The quantitative estimate of drug-likeness (QED) is 0.777. The van der Waals surface area contributed by atoms with Gasteiger partial charge in [0.1, 0.15) is 10.8 Å². The van der Waals surface area contributed by atoms with Crippen molar-refractivity contribution in [2.24, 2.45) is 0 Å². The zero-order valence-corrected chi connectivity index (χ0v) is 9.08. The maximum absolute atomic E-state index is 5.98. The smallest absolute Gasteiger partial charge is 0.141 e. The third-order valence-corrected chi connectivity index (χ3v) is 3.16. The van der Waals surface area contributed by atoms with Gasteiger partial charge in [-0.2, -0.15) is 5.10 Å². The summed E-state index contributed by atoms with van der Waals surface area (Å²) >= 11 is 5.98. The molecule has 0 aliphatic carbocycles. The van der Waals surface area contributed by atoms with E-state index in [1.165, 1.54) is 0 Å². The van der Waals surface area contributed by atoms with Gasteiger partial charge in [-0.05, 0) is 20.3 Å². The highest BCUT2D eigenvalue weighted by molar-refractivity contribution is 6.33. The third kappa shape index (κ3) is 1.38. The van der Waals surface area contributed by atoms with E-state index < -0.39 is 0 Å². The Kier molecular flexibility index (Phi) is 2.41. The molecule has 0 amide bonds. The zero-order chi connectivity index (χ0) is 10.3. The fraction of sp³-hybridized carbons (Fsp3) is 0.667. The van der Waals surface area contributed by atoms with Crippen molar-refractivity contribution in [3.63, 3.8) is 0 Å². The third-order valence-electron chi connectivity index (χ3n) is 2.70. The summed E-state index contributed by atoms with van der Waals surface area (Å²) in [6, 6.07) is 0.223. The fourth-order valence-electron chi connectivity index (χ4n) is 1.84. The topological polar surface area (TPSA) is 53.1 Å². The van der Waals surface area contributed by atoms with Crippen LogP contribution >= 0.6 is 11.6 Å². The van der Waals surface area contributed by atoms with Gasteiger partial charge in [-0.1, -0.05) is 11.6 Å². The molecule has 1 saturated heterocycles. The Morgan fingerprint density at radius 2 is 2.36 bits per heavy atom. The highest BCUT2D eigenvalue weighted by Gasteiger charge is 2.29. The molecule has 0 bridgehead atoms. The summed E-state index contributed by atoms with van der Waals surface area (Å²) in [5.74, 6) is 0.548. The lowest BCUT2D eigenvalue weighted by Gasteiger charge is -2.15. The largest absolute Gasteiger partial charge is 0.383 e. The van der Waals surface area contributed by atoms with E-state index in [0.29, 0.717) is 10.8 Å². The van der Waals surface area contributed by atoms with Crippen LogP contribution in [-0.2, 0) is 4.74 Å². The van der Waals surface area contributed by atoms with Crippen LogP contribution in [0.1, 0.15) is 25.1 Å². The molecule has 1 aliphatic rings. The van der Waals surface area contributed by atoms with E-state index in [-0.39, 0.29) is 12.1 Å². The Balaban J connectivity index is 2.36. The Morgan fingerprint density at radius 1 is 1.64 bits per heavy atom. The second kappa shape index (κ2) is 3.44. The summed E-state index contributed by atoms with van der Waals surface area (Å²) < 4.78 is 7.25. The molecule has 14 heavy (non-hydrogen) atoms. The van der Waals surface area contributed by atoms with Gasteiger partial charge in [0.25, 0.3) is 0 Å². The van der Waals surface area contributed by atoms with Crippen molar-refractivity contribution < 1.29 is 4.74 Å². The van der Waals surface area contributed by atoms with Crippen molar-refractivity contribution in [3.05, 3.63) is 10.7 Å². The molecule has 0 radical (unpaired) electrons. The van der Waals surface area contributed by atoms with Gasteiger partial charge in [0, 0.05) is 6.61 Å². The standard InChI is InChI=1S/C9H14ClN3O/c1-5-8(10)9(11)13(12-5)7-3-4-14-6(7)2/h6-7H,3-4,11H2,1-2H3. The number of anilines is 1. The Morgan fingerprint density at radius 3 is 2.79 bits per heavy atom. The van der Waals surface area contributed by atoms with Gasteiger partial charge in [0.05, 0.1) is 17.8 Å². The molecule has 0 saturated carbocycles. The molecular formula is C9H14ClN3O. The van der Waals surface area contributed by atoms with E-state index in [1.54, 1.807) is 4.68 Å². The van der Waals surface area contributed by atoms with Crippen LogP contribution in [0.2, 0.25) is 5.02 Å². The molecule has 2 heterocycles. The van der Waals surface area contributed by atoms with Crippen molar-refractivity contribution in [2.45, 2.75) is 32.4 Å². The van der Waals surface area contributed by atoms with E-state index >= 15 is 0 Å². The number of nitrogens with two attached hydrogens (primary N) is 1. The summed E-state index contributed by atoms with van der Waals surface area (Å²) in [7, 11) is 0. The van der Waals surface area contributed by atoms with Crippen LogP contribution in [0.15, 0.2) is 0 Å². The molecule has 4 nitrogen and oxygen atoms in total. The normalized spacial score (nSPS) is 27.1. The maximum Gasteiger partial charge on any atom is 0.141 e. The highest BCUT2D eigenvalue weighted by atomic mass is 35.5. The van der Waals surface area contributed by atoms with E-state index in [0.717, 1.165) is 18.7 Å². The van der Waals surface area contributed by atoms with E-state index in [9.17, 15) is 0 Å². The molecule has 1 aromatic heterocycles. The summed E-state index contributed by atoms with van der Waals surface area (Å²) in [6.45, 7) is 4.65. The van der Waals surface area contributed by atoms with Crippen LogP contribution in [0.25, 0.3) is 0 Å². The first-order chi connectivity index (χ1) is 6.61. The van der Waals surface area contributed by atoms with Crippen LogP contribution in [0.5, 0.6) is 0 Å². The summed E-state index contributed by atoms with van der Waals surface area (Å²) in [4.78, 5) is 0. The number of aromatic nitrogens is 2. The Hall–Kier alpha value is -0.740. The lowest BCUT2D eigenvalue weighted by molar-refractivity contribution is 0.105. The highest BCUT2D eigenvalue weighted by Crippen LogP contribution is 2.31. The molecular weight excluding hydrogens is 202 g/mol. The number of nitrogens with zero attached hydrogens (tertiary/aromatic N) is 2. The van der Waals surface area contributed by atoms with Crippen LogP contribution in [-0.4, -0.2) is 22.5 Å². The molecule has 2 atom stereocenters. The predicted octanol–water partition coefficient (Wildman–Crippen LogP) is 1.78. The van der Waals surface area contributed by atoms with Crippen LogP contribution in [0.3, 0.4) is 0 Å². The van der Waals surface area contributed by atoms with Crippen molar-refractivity contribution >= 4 is 17.4 Å². The zero-order valence-electron chi connectivity index (χ0n) is 8.33. The average Bonchev–Trinajstić information content (AvgIpc) is 2.66. The maximum atomic E-state index is 5.98. The molecule has 1 aliphatic heterocycles. The van der Waals surface area contributed by atoms with Gasteiger partial charge >= 0.3 is 0 Å². The van der Waals surface area contributed by atoms with Gasteiger partial charge in [0.2, 0.25) is 0 Å². The van der Waals surface area contributed by atoms with Gasteiger partial charge in [-0.15, -0.1) is 0 Å². The van der Waals surface area contributed by atoms with E-state index in [4.69, 9.17) is 22.1 Å². The summed E-state index contributed by atoms with van der Waals surface area (Å²) in [5, 5.41) is 4.88. The fourth-order valence-corrected chi connectivity index (χ4v) is 1.96. The molecule has 0 spiro atoms. The number of hydrogen-bond acceptors (Lipinski definition) is 3. The predicted molar refractivity (Wildman–Crippen MR) is 55.5 cm³/mol. The van der Waals surface area contributed by atoms with E-state index in [2.05, 4.69) is 5.10 Å². The van der Waals surface area contributed by atoms with Crippen LogP contribution < -0.4 is 5.73 Å². The lowest BCUT2D eigenvalue weighted by Crippen LogP contribution is -2.19. The van der Waals surface area contributed by atoms with Crippen molar-refractivity contribution in [1.29, 1.82) is 0 Å². The Labute approximate surface area is 88.0 Å². The molecule has 2 N–H and O–H groups in total. The number of rotatable bonds is 1. The molecule has 0 aromatic carbocycles. The first-order valence-corrected chi connectivity index (χ1v) is 5.10. The van der Waals surface area contributed by atoms with Gasteiger partial charge in [-0.25, -0.2) is 4.68 Å². The molecule has 2 rings (SSSR count). The van der Waals surface area contributed by atoms with E-state index in [1.807, 2.05) is 13.8 Å². The van der Waals surface area contributed by atoms with Gasteiger partial charge in [-0.3, -0.25) is 0 Å². The minimum Gasteiger partial charge on any atom is -0.383 e. The van der Waals surface area contributed by atoms with Crippen molar-refractivity contribution in [1.82, 2.24) is 9.78 Å². The minimum absolute atomic E-state index is 0.160. The number of hydrogen-bond donors (Lipinski definition) is 1. The van der Waals surface area contributed by atoms with Crippen molar-refractivity contribution in [3.8, 4) is 0 Å². The molecule has 2 unspecified atom stereocenters. The van der Waals surface area contributed by atoms with Crippen LogP contribution in [0, 0.1) is 6.92 Å². The summed E-state index contributed by atoms with van der Waals surface area (Å²) in [6.07, 6.45) is 1.11. The molecule has 78 valence electrons. The Bertz CT molecular complexity index is 350. The lowest BCUT2D eigenvalue weighted by atomic mass is 10.2. The first-order valence-electron chi connectivity index (χ1n) is 4.73. The number of aryl methyl sites for hydroxylation is 1. The number of halogens is 1. The second-order valence-corrected chi connectivity index (χ2v) is 4.04. The average molecular weight is 216 g/mol. The molecule has 1 fully saturated rings. The first kappa shape index (κ1) is 9.80. The second-order valence-electron chi connectivity index (χ2n) is 3.66. The van der Waals surface area contributed by atoms with Crippen molar-refractivity contribution in [2.75, 3.05) is 12.3 Å². The molecule has 1 aromatic rings. The summed E-state index contributed by atoms with van der Waals surface area (Å²) in [5.41, 5.74) is 6.64. The van der Waals surface area contributed by atoms with Gasteiger partial charge < -0.3 is 10.5 Å².